The van der Waals surface area contributed by atoms with Crippen molar-refractivity contribution >= 4 is 17.4 Å². The van der Waals surface area contributed by atoms with Crippen LogP contribution in [-0.4, -0.2) is 29.8 Å². The SMILES string of the molecule is CCCNC(=O)COc1ccc([N+](=O)[O-])cc1C(C)=O. The zero-order valence-electron chi connectivity index (χ0n) is 11.3. The highest BCUT2D eigenvalue weighted by Gasteiger charge is 2.15. The largest absolute Gasteiger partial charge is 0.483 e. The highest BCUT2D eigenvalue weighted by molar-refractivity contribution is 5.97. The lowest BCUT2D eigenvalue weighted by Crippen LogP contribution is -2.29. The molecule has 0 saturated carbocycles. The fourth-order valence-electron chi connectivity index (χ4n) is 1.49. The maximum atomic E-state index is 11.5. The number of carbonyl (C=O) groups is 2. The van der Waals surface area contributed by atoms with Crippen molar-refractivity contribution in [2.24, 2.45) is 0 Å². The number of nitro benzene ring substituents is 1. The monoisotopic (exact) mass is 280 g/mol. The minimum atomic E-state index is -0.593. The first-order valence-corrected chi connectivity index (χ1v) is 6.14. The summed E-state index contributed by atoms with van der Waals surface area (Å²) in [6.07, 6.45) is 0.808. The Hall–Kier alpha value is -2.44. The maximum Gasteiger partial charge on any atom is 0.270 e. The van der Waals surface area contributed by atoms with Gasteiger partial charge in [0.2, 0.25) is 0 Å². The van der Waals surface area contributed by atoms with Gasteiger partial charge in [-0.2, -0.15) is 0 Å². The van der Waals surface area contributed by atoms with E-state index in [4.69, 9.17) is 4.74 Å². The topological polar surface area (TPSA) is 98.5 Å². The van der Waals surface area contributed by atoms with E-state index in [2.05, 4.69) is 5.32 Å². The van der Waals surface area contributed by atoms with E-state index in [1.54, 1.807) is 0 Å². The fraction of sp³-hybridized carbons (Fsp3) is 0.385. The molecule has 0 aliphatic carbocycles. The number of amides is 1. The van der Waals surface area contributed by atoms with E-state index in [1.807, 2.05) is 6.92 Å². The van der Waals surface area contributed by atoms with Gasteiger partial charge in [-0.05, 0) is 19.4 Å². The Morgan fingerprint density at radius 1 is 1.40 bits per heavy atom. The van der Waals surface area contributed by atoms with Crippen LogP contribution in [0.15, 0.2) is 18.2 Å². The molecule has 0 unspecified atom stereocenters. The van der Waals surface area contributed by atoms with Gasteiger partial charge >= 0.3 is 0 Å². The van der Waals surface area contributed by atoms with Crippen LogP contribution in [0.4, 0.5) is 5.69 Å². The van der Waals surface area contributed by atoms with Gasteiger partial charge in [-0.1, -0.05) is 6.92 Å². The molecule has 1 aromatic rings. The predicted molar refractivity (Wildman–Crippen MR) is 71.9 cm³/mol. The minimum absolute atomic E-state index is 0.0856. The number of hydrogen-bond acceptors (Lipinski definition) is 5. The second kappa shape index (κ2) is 7.22. The molecule has 1 rings (SSSR count). The zero-order chi connectivity index (χ0) is 15.1. The third kappa shape index (κ3) is 4.34. The van der Waals surface area contributed by atoms with Crippen molar-refractivity contribution in [1.29, 1.82) is 0 Å². The number of nitro groups is 1. The first kappa shape index (κ1) is 15.6. The first-order chi connectivity index (χ1) is 9.45. The Kier molecular flexibility index (Phi) is 5.64. The number of ketones is 1. The van der Waals surface area contributed by atoms with Gasteiger partial charge in [0, 0.05) is 18.7 Å². The van der Waals surface area contributed by atoms with Crippen LogP contribution >= 0.6 is 0 Å². The summed E-state index contributed by atoms with van der Waals surface area (Å²) in [4.78, 5) is 32.9. The molecule has 0 saturated heterocycles. The van der Waals surface area contributed by atoms with Crippen molar-refractivity contribution < 1.29 is 19.2 Å². The molecule has 0 heterocycles. The second-order valence-electron chi connectivity index (χ2n) is 4.13. The third-order valence-electron chi connectivity index (χ3n) is 2.48. The van der Waals surface area contributed by atoms with Crippen LogP contribution < -0.4 is 10.1 Å². The minimum Gasteiger partial charge on any atom is -0.483 e. The molecule has 0 aliphatic rings. The number of ether oxygens (including phenoxy) is 1. The van der Waals surface area contributed by atoms with E-state index in [0.717, 1.165) is 12.5 Å². The van der Waals surface area contributed by atoms with Crippen molar-refractivity contribution in [2.75, 3.05) is 13.2 Å². The van der Waals surface area contributed by atoms with Crippen LogP contribution in [0.2, 0.25) is 0 Å². The van der Waals surface area contributed by atoms with Crippen molar-refractivity contribution in [3.63, 3.8) is 0 Å². The van der Waals surface area contributed by atoms with E-state index >= 15 is 0 Å². The van der Waals surface area contributed by atoms with Crippen LogP contribution in [0.5, 0.6) is 5.75 Å². The van der Waals surface area contributed by atoms with Gasteiger partial charge in [0.25, 0.3) is 11.6 Å². The molecule has 108 valence electrons. The molecule has 0 radical (unpaired) electrons. The smallest absolute Gasteiger partial charge is 0.270 e. The van der Waals surface area contributed by atoms with Gasteiger partial charge in [-0.3, -0.25) is 19.7 Å². The standard InChI is InChI=1S/C13H16N2O5/c1-3-6-14-13(17)8-20-12-5-4-10(15(18)19)7-11(12)9(2)16/h4-5,7H,3,6,8H2,1-2H3,(H,14,17). The maximum absolute atomic E-state index is 11.5. The average Bonchev–Trinajstić information content (AvgIpc) is 2.42. The lowest BCUT2D eigenvalue weighted by atomic mass is 10.1. The molecule has 7 heteroatoms. The molecular weight excluding hydrogens is 264 g/mol. The van der Waals surface area contributed by atoms with Gasteiger partial charge in [0.05, 0.1) is 10.5 Å². The molecule has 1 amide bonds. The number of nitrogens with one attached hydrogen (secondary N) is 1. The number of non-ortho nitro benzene ring substituents is 1. The summed E-state index contributed by atoms with van der Waals surface area (Å²) < 4.78 is 5.24. The van der Waals surface area contributed by atoms with Gasteiger partial charge in [-0.15, -0.1) is 0 Å². The Morgan fingerprint density at radius 3 is 2.65 bits per heavy atom. The van der Waals surface area contributed by atoms with Crippen molar-refractivity contribution in [1.82, 2.24) is 5.32 Å². The van der Waals surface area contributed by atoms with E-state index in [0.29, 0.717) is 6.54 Å². The van der Waals surface area contributed by atoms with Crippen molar-refractivity contribution in [3.05, 3.63) is 33.9 Å². The highest BCUT2D eigenvalue weighted by atomic mass is 16.6. The zero-order valence-corrected chi connectivity index (χ0v) is 11.3. The summed E-state index contributed by atoms with van der Waals surface area (Å²) >= 11 is 0. The summed E-state index contributed by atoms with van der Waals surface area (Å²) in [7, 11) is 0. The molecule has 0 bridgehead atoms. The molecule has 0 spiro atoms. The Morgan fingerprint density at radius 2 is 2.10 bits per heavy atom. The quantitative estimate of drug-likeness (QED) is 0.465. The van der Waals surface area contributed by atoms with Crippen LogP contribution in [0.25, 0.3) is 0 Å². The Labute approximate surface area is 116 Å². The fourth-order valence-corrected chi connectivity index (χ4v) is 1.49. The number of carbonyl (C=O) groups excluding carboxylic acids is 2. The van der Waals surface area contributed by atoms with Crippen LogP contribution in [0.3, 0.4) is 0 Å². The Bertz CT molecular complexity index is 527. The molecule has 0 fully saturated rings. The summed E-state index contributed by atoms with van der Waals surface area (Å²) in [6.45, 7) is 3.51. The van der Waals surface area contributed by atoms with Crippen molar-refractivity contribution in [3.8, 4) is 5.75 Å². The normalized spacial score (nSPS) is 9.90. The van der Waals surface area contributed by atoms with E-state index in [-0.39, 0.29) is 35.3 Å². The lowest BCUT2D eigenvalue weighted by molar-refractivity contribution is -0.384. The predicted octanol–water partition coefficient (Wildman–Crippen LogP) is 1.70. The average molecular weight is 280 g/mol. The number of rotatable bonds is 7. The third-order valence-corrected chi connectivity index (χ3v) is 2.48. The summed E-state index contributed by atoms with van der Waals surface area (Å²) in [5, 5.41) is 13.3. The molecule has 0 atom stereocenters. The molecule has 1 N–H and O–H groups in total. The summed E-state index contributed by atoms with van der Waals surface area (Å²) in [5.74, 6) is -0.507. The molecular formula is C13H16N2O5. The van der Waals surface area contributed by atoms with Crippen LogP contribution in [-0.2, 0) is 4.79 Å². The van der Waals surface area contributed by atoms with E-state index in [9.17, 15) is 19.7 Å². The number of benzene rings is 1. The van der Waals surface area contributed by atoms with Gasteiger partial charge in [0.1, 0.15) is 5.75 Å². The molecule has 0 aromatic heterocycles. The molecule has 7 nitrogen and oxygen atoms in total. The van der Waals surface area contributed by atoms with Crippen molar-refractivity contribution in [2.45, 2.75) is 20.3 Å². The molecule has 20 heavy (non-hydrogen) atoms. The lowest BCUT2D eigenvalue weighted by Gasteiger charge is -2.09. The van der Waals surface area contributed by atoms with Gasteiger partial charge in [-0.25, -0.2) is 0 Å². The van der Waals surface area contributed by atoms with Crippen LogP contribution in [0, 0.1) is 10.1 Å². The molecule has 0 aliphatic heterocycles. The van der Waals surface area contributed by atoms with Gasteiger partial charge in [0.15, 0.2) is 12.4 Å². The highest BCUT2D eigenvalue weighted by Crippen LogP contribution is 2.24. The number of Topliss-reactive ketones (excluding diaryl/α,β-unsaturated/α-hetero) is 1. The van der Waals surface area contributed by atoms with E-state index in [1.165, 1.54) is 19.1 Å². The summed E-state index contributed by atoms with van der Waals surface area (Å²) in [6, 6.07) is 3.69. The first-order valence-electron chi connectivity index (χ1n) is 6.14. The Balaban J connectivity index is 2.81. The van der Waals surface area contributed by atoms with Crippen LogP contribution in [0.1, 0.15) is 30.6 Å². The van der Waals surface area contributed by atoms with E-state index < -0.39 is 4.92 Å². The van der Waals surface area contributed by atoms with Gasteiger partial charge < -0.3 is 10.1 Å². The second-order valence-corrected chi connectivity index (χ2v) is 4.13. The number of hydrogen-bond donors (Lipinski definition) is 1. The number of nitrogens with zero attached hydrogens (tertiary/aromatic N) is 1. The summed E-state index contributed by atoms with van der Waals surface area (Å²) in [5.41, 5.74) is -0.111. The molecule has 1 aromatic carbocycles.